The van der Waals surface area contributed by atoms with Crippen LogP contribution in [-0.2, 0) is 0 Å². The highest BCUT2D eigenvalue weighted by molar-refractivity contribution is 5.50. The number of benzene rings is 1. The minimum absolute atomic E-state index is 0.308. The van der Waals surface area contributed by atoms with E-state index >= 15 is 0 Å². The smallest absolute Gasteiger partial charge is 0.138 e. The first kappa shape index (κ1) is 7.73. The first-order chi connectivity index (χ1) is 5.29. The van der Waals surface area contributed by atoms with Crippen LogP contribution < -0.4 is 0 Å². The molecule has 0 amide bonds. The van der Waals surface area contributed by atoms with Crippen LogP contribution in [0.4, 0.5) is 4.39 Å². The summed E-state index contributed by atoms with van der Waals surface area (Å²) >= 11 is 0. The van der Waals surface area contributed by atoms with Crippen molar-refractivity contribution in [2.24, 2.45) is 0 Å². The molecule has 0 spiro atoms. The van der Waals surface area contributed by atoms with E-state index in [0.717, 1.165) is 0 Å². The van der Waals surface area contributed by atoms with Crippen LogP contribution in [-0.4, -0.2) is 0 Å². The summed E-state index contributed by atoms with van der Waals surface area (Å²) in [6.45, 7) is 6.85. The molecule has 1 aromatic carbocycles. The van der Waals surface area contributed by atoms with Crippen molar-refractivity contribution in [3.8, 4) is 0 Å². The van der Waals surface area contributed by atoms with E-state index in [1.165, 1.54) is 6.08 Å². The van der Waals surface area contributed by atoms with Crippen molar-refractivity contribution in [1.29, 1.82) is 0 Å². The van der Waals surface area contributed by atoms with Crippen LogP contribution in [0, 0.1) is 11.9 Å². The molecule has 55 valence electrons. The maximum Gasteiger partial charge on any atom is 0.138 e. The Morgan fingerprint density at radius 3 is 2.73 bits per heavy atom. The molecule has 0 atom stereocenters. The van der Waals surface area contributed by atoms with E-state index < -0.39 is 0 Å². The lowest BCUT2D eigenvalue weighted by atomic mass is 10.1. The fourth-order valence-corrected chi connectivity index (χ4v) is 0.844. The zero-order chi connectivity index (χ0) is 8.27. The summed E-state index contributed by atoms with van der Waals surface area (Å²) in [5, 5.41) is 0. The van der Waals surface area contributed by atoms with Gasteiger partial charge in [0.15, 0.2) is 0 Å². The van der Waals surface area contributed by atoms with Crippen LogP contribution in [0.15, 0.2) is 31.4 Å². The average molecular weight is 147 g/mol. The molecule has 1 aromatic rings. The minimum atomic E-state index is -0.308. The van der Waals surface area contributed by atoms with Crippen LogP contribution in [0.25, 0.3) is 6.08 Å². The van der Waals surface area contributed by atoms with Crippen molar-refractivity contribution in [2.75, 3.05) is 0 Å². The molecular formula is C10H8F. The van der Waals surface area contributed by atoms with Crippen molar-refractivity contribution in [3.63, 3.8) is 0 Å². The molecule has 1 heteroatoms. The molecule has 0 saturated carbocycles. The van der Waals surface area contributed by atoms with E-state index in [4.69, 9.17) is 0 Å². The molecule has 1 radical (unpaired) electrons. The molecule has 0 bridgehead atoms. The summed E-state index contributed by atoms with van der Waals surface area (Å²) < 4.78 is 13.1. The van der Waals surface area contributed by atoms with E-state index in [1.54, 1.807) is 18.2 Å². The van der Waals surface area contributed by atoms with E-state index in [2.05, 4.69) is 19.2 Å². The van der Waals surface area contributed by atoms with Crippen molar-refractivity contribution in [3.05, 3.63) is 54.4 Å². The second-order valence-electron chi connectivity index (χ2n) is 2.09. The summed E-state index contributed by atoms with van der Waals surface area (Å²) in [6, 6.07) is 5.02. The summed E-state index contributed by atoms with van der Waals surface area (Å²) in [4.78, 5) is 0. The lowest BCUT2D eigenvalue weighted by molar-refractivity contribution is 0.619. The lowest BCUT2D eigenvalue weighted by Gasteiger charge is -1.98. The largest absolute Gasteiger partial charge is 0.206 e. The summed E-state index contributed by atoms with van der Waals surface area (Å²) in [6.07, 6.45) is 3.97. The SMILES string of the molecule is C=[C]c1cccc(C=C)c1F. The number of hydrogen-bond acceptors (Lipinski definition) is 0. The van der Waals surface area contributed by atoms with Crippen molar-refractivity contribution in [1.82, 2.24) is 0 Å². The summed E-state index contributed by atoms with van der Waals surface area (Å²) in [7, 11) is 0. The molecule has 0 aromatic heterocycles. The highest BCUT2D eigenvalue weighted by Gasteiger charge is 2.00. The number of rotatable bonds is 2. The third-order valence-electron chi connectivity index (χ3n) is 1.44. The molecule has 0 saturated heterocycles. The Morgan fingerprint density at radius 1 is 1.45 bits per heavy atom. The Morgan fingerprint density at radius 2 is 2.18 bits per heavy atom. The third kappa shape index (κ3) is 1.37. The predicted octanol–water partition coefficient (Wildman–Crippen LogP) is 2.81. The standard InChI is InChI=1S/C10H8F/c1-3-8-6-5-7-9(4-2)10(8)11/h3,5-7H,1-2H2. The molecule has 0 aliphatic heterocycles. The molecular weight excluding hydrogens is 139 g/mol. The van der Waals surface area contributed by atoms with E-state index in [-0.39, 0.29) is 5.82 Å². The fourth-order valence-electron chi connectivity index (χ4n) is 0.844. The van der Waals surface area contributed by atoms with Gasteiger partial charge in [0.1, 0.15) is 5.82 Å². The Bertz CT molecular complexity index is 261. The summed E-state index contributed by atoms with van der Waals surface area (Å²) in [5.74, 6) is -0.308. The maximum atomic E-state index is 13.1. The zero-order valence-electron chi connectivity index (χ0n) is 6.10. The molecule has 0 nitrogen and oxygen atoms in total. The average Bonchev–Trinajstić information content (AvgIpc) is 2.05. The molecule has 0 fully saturated rings. The van der Waals surface area contributed by atoms with Gasteiger partial charge >= 0.3 is 0 Å². The van der Waals surface area contributed by atoms with Crippen molar-refractivity contribution < 1.29 is 4.39 Å². The molecule has 0 heterocycles. The van der Waals surface area contributed by atoms with Crippen molar-refractivity contribution in [2.45, 2.75) is 0 Å². The number of hydrogen-bond donors (Lipinski definition) is 0. The van der Waals surface area contributed by atoms with Gasteiger partial charge in [-0.1, -0.05) is 37.4 Å². The Hall–Kier alpha value is -1.37. The second kappa shape index (κ2) is 3.15. The minimum Gasteiger partial charge on any atom is -0.206 e. The van der Waals surface area contributed by atoms with E-state index in [1.807, 2.05) is 0 Å². The van der Waals surface area contributed by atoms with Crippen LogP contribution in [0.1, 0.15) is 11.1 Å². The lowest BCUT2D eigenvalue weighted by Crippen LogP contribution is -1.86. The monoisotopic (exact) mass is 147 g/mol. The first-order valence-corrected chi connectivity index (χ1v) is 3.23. The van der Waals surface area contributed by atoms with Crippen LogP contribution >= 0.6 is 0 Å². The van der Waals surface area contributed by atoms with Gasteiger partial charge in [0.25, 0.3) is 0 Å². The molecule has 1 rings (SSSR count). The predicted molar refractivity (Wildman–Crippen MR) is 44.5 cm³/mol. The molecule has 0 aliphatic rings. The summed E-state index contributed by atoms with van der Waals surface area (Å²) in [5.41, 5.74) is 0.876. The van der Waals surface area contributed by atoms with Crippen LogP contribution in [0.2, 0.25) is 0 Å². The van der Waals surface area contributed by atoms with Gasteiger partial charge in [0.05, 0.1) is 0 Å². The molecule has 0 N–H and O–H groups in total. The maximum absolute atomic E-state index is 13.1. The Labute approximate surface area is 65.7 Å². The van der Waals surface area contributed by atoms with Crippen LogP contribution in [0.3, 0.4) is 0 Å². The van der Waals surface area contributed by atoms with Gasteiger partial charge in [-0.15, -0.1) is 0 Å². The first-order valence-electron chi connectivity index (χ1n) is 3.23. The zero-order valence-corrected chi connectivity index (χ0v) is 6.10. The molecule has 0 unspecified atom stereocenters. The van der Waals surface area contributed by atoms with E-state index in [9.17, 15) is 4.39 Å². The van der Waals surface area contributed by atoms with Gasteiger partial charge < -0.3 is 0 Å². The van der Waals surface area contributed by atoms with Gasteiger partial charge in [-0.05, 0) is 6.08 Å². The molecule has 0 aliphatic carbocycles. The van der Waals surface area contributed by atoms with Gasteiger partial charge in [0.2, 0.25) is 0 Å². The topological polar surface area (TPSA) is 0 Å². The number of halogens is 1. The van der Waals surface area contributed by atoms with Gasteiger partial charge in [-0.25, -0.2) is 4.39 Å². The quantitative estimate of drug-likeness (QED) is 0.603. The van der Waals surface area contributed by atoms with E-state index in [0.29, 0.717) is 11.1 Å². The van der Waals surface area contributed by atoms with Crippen LogP contribution in [0.5, 0.6) is 0 Å². The Balaban J connectivity index is 3.30. The van der Waals surface area contributed by atoms with Gasteiger partial charge in [0, 0.05) is 11.1 Å². The fraction of sp³-hybridized carbons (Fsp3) is 0. The Kier molecular flexibility index (Phi) is 2.21. The second-order valence-corrected chi connectivity index (χ2v) is 2.09. The highest BCUT2D eigenvalue weighted by Crippen LogP contribution is 2.13. The van der Waals surface area contributed by atoms with Crippen molar-refractivity contribution >= 4 is 6.08 Å². The normalized spacial score (nSPS) is 9.18. The highest BCUT2D eigenvalue weighted by atomic mass is 19.1. The molecule has 11 heavy (non-hydrogen) atoms. The van der Waals surface area contributed by atoms with Gasteiger partial charge in [-0.3, -0.25) is 0 Å². The third-order valence-corrected chi connectivity index (χ3v) is 1.44. The van der Waals surface area contributed by atoms with Gasteiger partial charge in [-0.2, -0.15) is 0 Å².